The zero-order valence-electron chi connectivity index (χ0n) is 16.0. The van der Waals surface area contributed by atoms with Crippen molar-refractivity contribution >= 4 is 72.7 Å². The molecule has 0 radical (unpaired) electrons. The maximum atomic E-state index is 10.7. The Kier molecular flexibility index (Phi) is 6.50. The zero-order valence-corrected chi connectivity index (χ0v) is 20.3. The Morgan fingerprint density at radius 1 is 0.931 bits per heavy atom. The van der Waals surface area contributed by atoms with E-state index in [1.807, 2.05) is 31.2 Å². The number of anilines is 1. The predicted octanol–water partition coefficient (Wildman–Crippen LogP) is 5.88. The minimum atomic E-state index is -0.515. The van der Waals surface area contributed by atoms with Crippen LogP contribution in [0.5, 0.6) is 5.75 Å². The van der Waals surface area contributed by atoms with Crippen LogP contribution in [-0.2, 0) is 6.54 Å². The van der Waals surface area contributed by atoms with Crippen molar-refractivity contribution in [2.75, 3.05) is 18.5 Å². The molecule has 0 aliphatic heterocycles. The molecule has 3 aromatic carbocycles. The monoisotopic (exact) mass is 612 g/mol. The Morgan fingerprint density at radius 2 is 1.52 bits per heavy atom. The third-order valence-electron chi connectivity index (χ3n) is 4.89. The van der Waals surface area contributed by atoms with Gasteiger partial charge in [0.25, 0.3) is 0 Å². The van der Waals surface area contributed by atoms with Gasteiger partial charge in [0.05, 0.1) is 19.3 Å². The second kappa shape index (κ2) is 9.09. The number of nitrogens with zero attached hydrogens (tertiary/aromatic N) is 1. The van der Waals surface area contributed by atoms with E-state index in [1.165, 1.54) is 17.9 Å². The van der Waals surface area contributed by atoms with E-state index in [0.717, 1.165) is 22.5 Å². The standard InChI is InChI=1S/C23H22I2N2O2/c1-2-29-19-7-5-17(6-8-19)26-13-18(28)14-27-22-9-3-15(24)11-20(22)21-12-16(25)4-10-23(21)27/h3-12,18,26,28H,2,13-14H2,1H3/t18-/m0/s1. The van der Waals surface area contributed by atoms with Crippen molar-refractivity contribution in [1.29, 1.82) is 0 Å². The van der Waals surface area contributed by atoms with E-state index >= 15 is 0 Å². The minimum Gasteiger partial charge on any atom is -0.494 e. The maximum Gasteiger partial charge on any atom is 0.119 e. The number of aliphatic hydroxyl groups is 1. The van der Waals surface area contributed by atoms with Crippen LogP contribution in [-0.4, -0.2) is 28.9 Å². The Labute approximate surface area is 197 Å². The van der Waals surface area contributed by atoms with Crippen LogP contribution in [0.15, 0.2) is 60.7 Å². The maximum absolute atomic E-state index is 10.7. The summed E-state index contributed by atoms with van der Waals surface area (Å²) in [4.78, 5) is 0. The van der Waals surface area contributed by atoms with Crippen molar-refractivity contribution in [3.63, 3.8) is 0 Å². The molecule has 0 saturated carbocycles. The second-order valence-corrected chi connectivity index (χ2v) is 9.42. The van der Waals surface area contributed by atoms with Gasteiger partial charge in [-0.3, -0.25) is 0 Å². The quantitative estimate of drug-likeness (QED) is 0.257. The molecule has 0 unspecified atom stereocenters. The third-order valence-corrected chi connectivity index (χ3v) is 6.23. The third kappa shape index (κ3) is 4.64. The summed E-state index contributed by atoms with van der Waals surface area (Å²) in [6, 6.07) is 20.8. The normalized spacial score (nSPS) is 12.4. The van der Waals surface area contributed by atoms with Gasteiger partial charge in [0.1, 0.15) is 5.75 Å². The highest BCUT2D eigenvalue weighted by Crippen LogP contribution is 2.31. The van der Waals surface area contributed by atoms with Gasteiger partial charge in [0.15, 0.2) is 0 Å². The van der Waals surface area contributed by atoms with Gasteiger partial charge < -0.3 is 19.7 Å². The van der Waals surface area contributed by atoms with E-state index in [2.05, 4.69) is 91.5 Å². The fourth-order valence-corrected chi connectivity index (χ4v) is 4.57. The van der Waals surface area contributed by atoms with Gasteiger partial charge in [-0.25, -0.2) is 0 Å². The van der Waals surface area contributed by atoms with Crippen LogP contribution in [0.1, 0.15) is 6.92 Å². The summed E-state index contributed by atoms with van der Waals surface area (Å²) in [5, 5.41) is 16.5. The summed E-state index contributed by atoms with van der Waals surface area (Å²) < 4.78 is 10.1. The lowest BCUT2D eigenvalue weighted by Crippen LogP contribution is -2.24. The lowest BCUT2D eigenvalue weighted by molar-refractivity contribution is 0.169. The number of fused-ring (bicyclic) bond motifs is 3. The van der Waals surface area contributed by atoms with E-state index < -0.39 is 6.10 Å². The molecular weight excluding hydrogens is 590 g/mol. The van der Waals surface area contributed by atoms with Gasteiger partial charge in [-0.15, -0.1) is 0 Å². The number of aromatic nitrogens is 1. The average Bonchev–Trinajstić information content (AvgIpc) is 3.00. The molecule has 0 saturated heterocycles. The van der Waals surface area contributed by atoms with E-state index in [1.54, 1.807) is 0 Å². The number of ether oxygens (including phenoxy) is 1. The molecule has 0 bridgehead atoms. The average molecular weight is 612 g/mol. The molecule has 1 atom stereocenters. The van der Waals surface area contributed by atoms with E-state index in [4.69, 9.17) is 4.74 Å². The summed E-state index contributed by atoms with van der Waals surface area (Å²) >= 11 is 4.70. The van der Waals surface area contributed by atoms with Crippen molar-refractivity contribution in [3.8, 4) is 5.75 Å². The van der Waals surface area contributed by atoms with E-state index in [9.17, 15) is 5.11 Å². The number of rotatable bonds is 7. The minimum absolute atomic E-state index is 0.476. The highest BCUT2D eigenvalue weighted by molar-refractivity contribution is 14.1. The molecule has 6 heteroatoms. The van der Waals surface area contributed by atoms with Gasteiger partial charge >= 0.3 is 0 Å². The molecule has 0 aliphatic rings. The Morgan fingerprint density at radius 3 is 2.07 bits per heavy atom. The molecule has 150 valence electrons. The van der Waals surface area contributed by atoms with Crippen LogP contribution in [0.4, 0.5) is 5.69 Å². The molecular formula is C23H22I2N2O2. The van der Waals surface area contributed by atoms with Gasteiger partial charge in [-0.05, 0) is 113 Å². The summed E-state index contributed by atoms with van der Waals surface area (Å²) in [6.07, 6.45) is -0.515. The van der Waals surface area contributed by atoms with Crippen molar-refractivity contribution in [2.24, 2.45) is 0 Å². The molecule has 2 N–H and O–H groups in total. The van der Waals surface area contributed by atoms with Crippen molar-refractivity contribution in [3.05, 3.63) is 67.8 Å². The first-order valence-corrected chi connectivity index (χ1v) is 11.7. The molecule has 4 rings (SSSR count). The summed E-state index contributed by atoms with van der Waals surface area (Å²) in [5.74, 6) is 0.855. The SMILES string of the molecule is CCOc1ccc(NC[C@H](O)Cn2c3ccc(I)cc3c3cc(I)ccc32)cc1. The van der Waals surface area contributed by atoms with E-state index in [-0.39, 0.29) is 0 Å². The summed E-state index contributed by atoms with van der Waals surface area (Å²) in [7, 11) is 0. The lowest BCUT2D eigenvalue weighted by atomic mass is 10.2. The molecule has 0 aliphatic carbocycles. The number of hydrogen-bond acceptors (Lipinski definition) is 3. The summed E-state index contributed by atoms with van der Waals surface area (Å²) in [6.45, 7) is 3.64. The Bertz CT molecular complexity index is 1080. The van der Waals surface area contributed by atoms with Crippen molar-refractivity contribution < 1.29 is 9.84 Å². The number of aliphatic hydroxyl groups excluding tert-OH is 1. The number of hydrogen-bond donors (Lipinski definition) is 2. The van der Waals surface area contributed by atoms with Gasteiger partial charge in [0.2, 0.25) is 0 Å². The van der Waals surface area contributed by atoms with Crippen LogP contribution >= 0.6 is 45.2 Å². The topological polar surface area (TPSA) is 46.4 Å². The van der Waals surface area contributed by atoms with Crippen LogP contribution in [0.2, 0.25) is 0 Å². The van der Waals surface area contributed by atoms with Crippen LogP contribution in [0, 0.1) is 7.14 Å². The van der Waals surface area contributed by atoms with Gasteiger partial charge in [-0.1, -0.05) is 0 Å². The van der Waals surface area contributed by atoms with Crippen LogP contribution in [0.25, 0.3) is 21.8 Å². The Balaban J connectivity index is 1.55. The molecule has 0 spiro atoms. The number of nitrogens with one attached hydrogen (secondary N) is 1. The first-order chi connectivity index (χ1) is 14.0. The molecule has 0 amide bonds. The first kappa shape index (κ1) is 20.7. The second-order valence-electron chi connectivity index (χ2n) is 6.93. The first-order valence-electron chi connectivity index (χ1n) is 9.57. The van der Waals surface area contributed by atoms with Gasteiger partial charge in [0, 0.05) is 41.2 Å². The number of benzene rings is 3. The molecule has 0 fully saturated rings. The molecule has 1 aromatic heterocycles. The summed E-state index contributed by atoms with van der Waals surface area (Å²) in [5.41, 5.74) is 3.28. The molecule has 4 nitrogen and oxygen atoms in total. The fourth-order valence-electron chi connectivity index (χ4n) is 3.59. The smallest absolute Gasteiger partial charge is 0.119 e. The Hall–Kier alpha value is -1.52. The predicted molar refractivity (Wildman–Crippen MR) is 137 cm³/mol. The highest BCUT2D eigenvalue weighted by Gasteiger charge is 2.14. The zero-order chi connectivity index (χ0) is 20.4. The fraction of sp³-hybridized carbons (Fsp3) is 0.217. The van der Waals surface area contributed by atoms with E-state index in [0.29, 0.717) is 19.7 Å². The van der Waals surface area contributed by atoms with Crippen LogP contribution in [0.3, 0.4) is 0 Å². The lowest BCUT2D eigenvalue weighted by Gasteiger charge is -2.16. The molecule has 29 heavy (non-hydrogen) atoms. The van der Waals surface area contributed by atoms with Crippen LogP contribution < -0.4 is 10.1 Å². The molecule has 4 aromatic rings. The largest absolute Gasteiger partial charge is 0.494 e. The number of halogens is 2. The van der Waals surface area contributed by atoms with Gasteiger partial charge in [-0.2, -0.15) is 0 Å². The molecule has 1 heterocycles. The highest BCUT2D eigenvalue weighted by atomic mass is 127. The van der Waals surface area contributed by atoms with Crippen molar-refractivity contribution in [1.82, 2.24) is 4.57 Å². The van der Waals surface area contributed by atoms with Crippen molar-refractivity contribution in [2.45, 2.75) is 19.6 Å².